The average molecular weight is 366 g/mol. The maximum Gasteiger partial charge on any atom is 0.307 e. The summed E-state index contributed by atoms with van der Waals surface area (Å²) in [5.41, 5.74) is 1.48. The van der Waals surface area contributed by atoms with Gasteiger partial charge in [0.05, 0.1) is 16.7 Å². The Kier molecular flexibility index (Phi) is 4.60. The summed E-state index contributed by atoms with van der Waals surface area (Å²) in [7, 11) is -3.27. The number of nitrogens with zero attached hydrogens (tertiary/aromatic N) is 1. The van der Waals surface area contributed by atoms with Gasteiger partial charge < -0.3 is 9.88 Å². The maximum atomic E-state index is 12.2. The van der Waals surface area contributed by atoms with Crippen molar-refractivity contribution in [2.45, 2.75) is 37.2 Å². The lowest BCUT2D eigenvalue weighted by Gasteiger charge is -2.26. The van der Waals surface area contributed by atoms with Crippen molar-refractivity contribution < 1.29 is 13.2 Å². The monoisotopic (exact) mass is 366 g/mol. The Morgan fingerprint density at radius 1 is 1.38 bits per heavy atom. The van der Waals surface area contributed by atoms with Crippen LogP contribution in [0.3, 0.4) is 0 Å². The molecule has 8 heteroatoms. The fourth-order valence-corrected chi connectivity index (χ4v) is 5.28. The van der Waals surface area contributed by atoms with Crippen LogP contribution in [0.1, 0.15) is 30.1 Å². The summed E-state index contributed by atoms with van der Waals surface area (Å²) in [5, 5.41) is 4.67. The highest BCUT2D eigenvalue weighted by Gasteiger charge is 2.30. The van der Waals surface area contributed by atoms with Crippen molar-refractivity contribution in [3.63, 3.8) is 0 Å². The molecule has 1 aromatic carbocycles. The first-order chi connectivity index (χ1) is 11.4. The van der Waals surface area contributed by atoms with Crippen LogP contribution in [0, 0.1) is 6.92 Å². The van der Waals surface area contributed by atoms with E-state index in [2.05, 4.69) is 5.32 Å². The fourth-order valence-electron chi connectivity index (χ4n) is 2.89. The SMILES string of the molecule is Cc1csc(=O)n1CCC(=O)NC1CCS(=O)(=O)c2ccccc21. The Balaban J connectivity index is 1.70. The predicted molar refractivity (Wildman–Crippen MR) is 91.9 cm³/mol. The number of hydrogen-bond acceptors (Lipinski definition) is 5. The van der Waals surface area contributed by atoms with Gasteiger partial charge in [0, 0.05) is 24.0 Å². The minimum atomic E-state index is -3.27. The van der Waals surface area contributed by atoms with E-state index in [0.29, 0.717) is 23.4 Å². The number of rotatable bonds is 4. The number of aromatic nitrogens is 1. The number of aryl methyl sites for hydroxylation is 1. The summed E-state index contributed by atoms with van der Waals surface area (Å²) in [6.07, 6.45) is 0.547. The van der Waals surface area contributed by atoms with E-state index in [1.807, 2.05) is 6.92 Å². The van der Waals surface area contributed by atoms with E-state index < -0.39 is 9.84 Å². The number of hydrogen-bond donors (Lipinski definition) is 1. The number of carbonyl (C=O) groups excluding carboxylic acids is 1. The first-order valence-electron chi connectivity index (χ1n) is 7.64. The van der Waals surface area contributed by atoms with E-state index in [0.717, 1.165) is 17.0 Å². The summed E-state index contributed by atoms with van der Waals surface area (Å²) < 4.78 is 25.8. The number of thiazole rings is 1. The fraction of sp³-hybridized carbons (Fsp3) is 0.375. The molecule has 1 unspecified atom stereocenters. The van der Waals surface area contributed by atoms with Crippen LogP contribution in [-0.2, 0) is 21.2 Å². The molecular formula is C16H18N2O4S2. The van der Waals surface area contributed by atoms with Gasteiger partial charge in [0.1, 0.15) is 0 Å². The zero-order valence-corrected chi connectivity index (χ0v) is 14.8. The van der Waals surface area contributed by atoms with Crippen LogP contribution < -0.4 is 10.2 Å². The lowest BCUT2D eigenvalue weighted by molar-refractivity contribution is -0.122. The lowest BCUT2D eigenvalue weighted by atomic mass is 10.0. The van der Waals surface area contributed by atoms with Crippen LogP contribution in [0.15, 0.2) is 39.3 Å². The molecule has 1 atom stereocenters. The third kappa shape index (κ3) is 3.29. The first kappa shape index (κ1) is 16.9. The molecule has 1 aliphatic heterocycles. The molecule has 24 heavy (non-hydrogen) atoms. The van der Waals surface area contributed by atoms with E-state index in [1.54, 1.807) is 34.2 Å². The van der Waals surface area contributed by atoms with Crippen molar-refractivity contribution in [3.05, 3.63) is 50.6 Å². The van der Waals surface area contributed by atoms with Crippen molar-refractivity contribution in [2.24, 2.45) is 0 Å². The zero-order chi connectivity index (χ0) is 17.3. The second kappa shape index (κ2) is 6.52. The molecule has 0 bridgehead atoms. The molecule has 6 nitrogen and oxygen atoms in total. The van der Waals surface area contributed by atoms with Crippen LogP contribution >= 0.6 is 11.3 Å². The van der Waals surface area contributed by atoms with Gasteiger partial charge in [-0.05, 0) is 25.0 Å². The Morgan fingerprint density at radius 2 is 2.12 bits per heavy atom. The molecule has 1 N–H and O–H groups in total. The molecule has 0 aliphatic carbocycles. The van der Waals surface area contributed by atoms with Crippen LogP contribution in [0.5, 0.6) is 0 Å². The smallest absolute Gasteiger partial charge is 0.307 e. The van der Waals surface area contributed by atoms with Crippen molar-refractivity contribution >= 4 is 27.1 Å². The topological polar surface area (TPSA) is 85.2 Å². The van der Waals surface area contributed by atoms with E-state index in [4.69, 9.17) is 0 Å². The largest absolute Gasteiger partial charge is 0.349 e. The Labute approximate surface area is 144 Å². The summed E-state index contributed by atoms with van der Waals surface area (Å²) in [6, 6.07) is 6.47. The van der Waals surface area contributed by atoms with Crippen LogP contribution in [0.25, 0.3) is 0 Å². The van der Waals surface area contributed by atoms with Gasteiger partial charge in [-0.2, -0.15) is 0 Å². The standard InChI is InChI=1S/C16H18N2O4S2/c1-11-10-23-16(20)18(11)8-6-15(19)17-13-7-9-24(21,22)14-5-3-2-4-12(13)14/h2-5,10,13H,6-9H2,1H3,(H,17,19). The number of fused-ring (bicyclic) bond motifs is 1. The number of amides is 1. The molecule has 1 amide bonds. The third-order valence-corrected chi connectivity index (χ3v) is 6.87. The highest BCUT2D eigenvalue weighted by molar-refractivity contribution is 7.91. The summed E-state index contributed by atoms with van der Waals surface area (Å²) >= 11 is 1.12. The number of carbonyl (C=O) groups is 1. The molecule has 0 spiro atoms. The number of benzene rings is 1. The van der Waals surface area contributed by atoms with Gasteiger partial charge >= 0.3 is 4.87 Å². The second-order valence-electron chi connectivity index (χ2n) is 5.81. The maximum absolute atomic E-state index is 12.2. The Morgan fingerprint density at radius 3 is 2.83 bits per heavy atom. The molecular weight excluding hydrogens is 348 g/mol. The van der Waals surface area contributed by atoms with Gasteiger partial charge in [0.2, 0.25) is 5.91 Å². The van der Waals surface area contributed by atoms with Crippen molar-refractivity contribution in [1.82, 2.24) is 9.88 Å². The van der Waals surface area contributed by atoms with Crippen LogP contribution in [0.2, 0.25) is 0 Å². The normalized spacial score (nSPS) is 18.8. The molecule has 1 aromatic heterocycles. The quantitative estimate of drug-likeness (QED) is 0.891. The minimum Gasteiger partial charge on any atom is -0.349 e. The van der Waals surface area contributed by atoms with Gasteiger partial charge in [0.15, 0.2) is 9.84 Å². The molecule has 1 aliphatic rings. The van der Waals surface area contributed by atoms with Gasteiger partial charge in [-0.15, -0.1) is 0 Å². The molecule has 2 heterocycles. The van der Waals surface area contributed by atoms with E-state index >= 15 is 0 Å². The molecule has 0 saturated carbocycles. The molecule has 0 saturated heterocycles. The Bertz CT molecular complexity index is 928. The van der Waals surface area contributed by atoms with Gasteiger partial charge in [0.25, 0.3) is 0 Å². The number of nitrogens with one attached hydrogen (secondary N) is 1. The summed E-state index contributed by atoms with van der Waals surface area (Å²) in [6.45, 7) is 2.16. The third-order valence-electron chi connectivity index (χ3n) is 4.18. The molecule has 0 radical (unpaired) electrons. The molecule has 3 rings (SSSR count). The van der Waals surface area contributed by atoms with Crippen molar-refractivity contribution in [3.8, 4) is 0 Å². The highest BCUT2D eigenvalue weighted by Crippen LogP contribution is 2.31. The van der Waals surface area contributed by atoms with E-state index in [1.165, 1.54) is 0 Å². The van der Waals surface area contributed by atoms with Crippen molar-refractivity contribution in [2.75, 3.05) is 5.75 Å². The van der Waals surface area contributed by atoms with Crippen LogP contribution in [-0.4, -0.2) is 24.6 Å². The lowest BCUT2D eigenvalue weighted by Crippen LogP contribution is -2.34. The summed E-state index contributed by atoms with van der Waals surface area (Å²) in [4.78, 5) is 24.1. The Hall–Kier alpha value is -1.93. The molecule has 0 fully saturated rings. The zero-order valence-electron chi connectivity index (χ0n) is 13.2. The predicted octanol–water partition coefficient (Wildman–Crippen LogP) is 1.64. The van der Waals surface area contributed by atoms with Gasteiger partial charge in [-0.3, -0.25) is 9.59 Å². The number of sulfone groups is 1. The van der Waals surface area contributed by atoms with Crippen LogP contribution in [0.4, 0.5) is 0 Å². The molecule has 128 valence electrons. The van der Waals surface area contributed by atoms with E-state index in [-0.39, 0.29) is 29.0 Å². The van der Waals surface area contributed by atoms with Gasteiger partial charge in [-0.1, -0.05) is 29.5 Å². The minimum absolute atomic E-state index is 0.0259. The molecule has 2 aromatic rings. The van der Waals surface area contributed by atoms with Crippen molar-refractivity contribution in [1.29, 1.82) is 0 Å². The summed E-state index contributed by atoms with van der Waals surface area (Å²) in [5.74, 6) is -0.162. The second-order valence-corrected chi connectivity index (χ2v) is 8.71. The highest BCUT2D eigenvalue weighted by atomic mass is 32.2. The van der Waals surface area contributed by atoms with Gasteiger partial charge in [-0.25, -0.2) is 8.42 Å². The van der Waals surface area contributed by atoms with E-state index in [9.17, 15) is 18.0 Å². The average Bonchev–Trinajstić information content (AvgIpc) is 2.87. The first-order valence-corrected chi connectivity index (χ1v) is 10.2.